The maximum atomic E-state index is 11.8. The third-order valence-corrected chi connectivity index (χ3v) is 4.39. The van der Waals surface area contributed by atoms with Crippen LogP contribution in [-0.2, 0) is 11.3 Å². The lowest BCUT2D eigenvalue weighted by atomic mass is 10.2. The van der Waals surface area contributed by atoms with Crippen LogP contribution in [0.1, 0.15) is 31.2 Å². The molecule has 0 bridgehead atoms. The van der Waals surface area contributed by atoms with Crippen molar-refractivity contribution in [3.63, 3.8) is 0 Å². The van der Waals surface area contributed by atoms with Crippen LogP contribution in [0, 0.1) is 5.41 Å². The molecule has 7 heteroatoms. The van der Waals surface area contributed by atoms with E-state index in [1.54, 1.807) is 38.3 Å². The van der Waals surface area contributed by atoms with Gasteiger partial charge in [0.15, 0.2) is 0 Å². The highest BCUT2D eigenvalue weighted by molar-refractivity contribution is 7.10. The molecule has 0 aromatic carbocycles. The number of hydrogen-bond acceptors (Lipinski definition) is 5. The number of amidine groups is 1. The van der Waals surface area contributed by atoms with Crippen LogP contribution in [0.5, 0.6) is 0 Å². The normalized spacial score (nSPS) is 11.5. The molecule has 0 aliphatic carbocycles. The minimum absolute atomic E-state index is 0.0401. The number of ether oxygens (including phenoxy) is 1. The largest absolute Gasteiger partial charge is 0.444 e. The van der Waals surface area contributed by atoms with Crippen LogP contribution in [0.25, 0.3) is 10.9 Å². The molecule has 3 aromatic rings. The van der Waals surface area contributed by atoms with Crippen molar-refractivity contribution >= 4 is 34.2 Å². The van der Waals surface area contributed by atoms with Crippen LogP contribution in [-0.4, -0.2) is 27.1 Å². The molecule has 1 amide bonds. The van der Waals surface area contributed by atoms with Gasteiger partial charge in [0.05, 0.1) is 12.1 Å². The number of pyridine rings is 1. The molecule has 3 rings (SSSR count). The van der Waals surface area contributed by atoms with Gasteiger partial charge in [-0.05, 0) is 39.0 Å². The second kappa shape index (κ2) is 6.68. The van der Waals surface area contributed by atoms with Crippen LogP contribution in [0.4, 0.5) is 4.79 Å². The first-order valence-electron chi connectivity index (χ1n) is 7.87. The van der Waals surface area contributed by atoms with Crippen molar-refractivity contribution in [2.75, 3.05) is 0 Å². The predicted molar refractivity (Wildman–Crippen MR) is 99.4 cm³/mol. The average molecular weight is 356 g/mol. The van der Waals surface area contributed by atoms with Crippen LogP contribution in [0.15, 0.2) is 42.2 Å². The van der Waals surface area contributed by atoms with Gasteiger partial charge in [0.2, 0.25) is 0 Å². The standard InChI is InChI=1S/C18H20N4O2S/c1-18(2,3)24-17(23)21-16(19)13-8-14(25-11-13)10-22-7-5-12-9-20-6-4-15(12)22/h4-9,11H,10H2,1-3H3,(H2,19,21,23). The molecule has 0 fully saturated rings. The number of fused-ring (bicyclic) bond motifs is 1. The fourth-order valence-electron chi connectivity index (χ4n) is 2.42. The SMILES string of the molecule is CC(C)(C)OC(=O)NC(=N)c1csc(Cn2ccc3cnccc32)c1. The van der Waals surface area contributed by atoms with E-state index in [1.807, 2.05) is 36.0 Å². The van der Waals surface area contributed by atoms with Crippen molar-refractivity contribution in [1.82, 2.24) is 14.9 Å². The van der Waals surface area contributed by atoms with E-state index in [9.17, 15) is 4.79 Å². The van der Waals surface area contributed by atoms with E-state index in [2.05, 4.69) is 14.9 Å². The van der Waals surface area contributed by atoms with E-state index >= 15 is 0 Å². The predicted octanol–water partition coefficient (Wildman–Crippen LogP) is 4.00. The Bertz CT molecular complexity index is 920. The Balaban J connectivity index is 1.68. The molecule has 0 radical (unpaired) electrons. The van der Waals surface area contributed by atoms with Crippen LogP contribution < -0.4 is 5.32 Å². The van der Waals surface area contributed by atoms with Gasteiger partial charge >= 0.3 is 6.09 Å². The summed E-state index contributed by atoms with van der Waals surface area (Å²) < 4.78 is 7.31. The summed E-state index contributed by atoms with van der Waals surface area (Å²) in [6.45, 7) is 6.07. The lowest BCUT2D eigenvalue weighted by Gasteiger charge is -2.19. The molecule has 3 aromatic heterocycles. The number of carbonyl (C=O) groups excluding carboxylic acids is 1. The van der Waals surface area contributed by atoms with Crippen molar-refractivity contribution in [2.45, 2.75) is 32.9 Å². The first kappa shape index (κ1) is 17.2. The zero-order valence-corrected chi connectivity index (χ0v) is 15.2. The third kappa shape index (κ3) is 4.24. The van der Waals surface area contributed by atoms with Gasteiger partial charge in [0.1, 0.15) is 11.4 Å². The highest BCUT2D eigenvalue weighted by Gasteiger charge is 2.18. The lowest BCUT2D eigenvalue weighted by molar-refractivity contribution is 0.0563. The molecular weight excluding hydrogens is 336 g/mol. The monoisotopic (exact) mass is 356 g/mol. The molecule has 0 atom stereocenters. The molecule has 2 N–H and O–H groups in total. The fraction of sp³-hybridized carbons (Fsp3) is 0.278. The van der Waals surface area contributed by atoms with E-state index in [-0.39, 0.29) is 5.84 Å². The number of nitrogens with zero attached hydrogens (tertiary/aromatic N) is 2. The molecule has 0 saturated heterocycles. The Labute approximate surface area is 150 Å². The third-order valence-electron chi connectivity index (χ3n) is 3.47. The van der Waals surface area contributed by atoms with Crippen LogP contribution in [0.3, 0.4) is 0 Å². The Morgan fingerprint density at radius 2 is 2.20 bits per heavy atom. The van der Waals surface area contributed by atoms with E-state index in [1.165, 1.54) is 0 Å². The highest BCUT2D eigenvalue weighted by atomic mass is 32.1. The first-order chi connectivity index (χ1) is 11.8. The molecule has 0 saturated carbocycles. The second-order valence-electron chi connectivity index (χ2n) is 6.68. The van der Waals surface area contributed by atoms with E-state index in [4.69, 9.17) is 10.1 Å². The molecule has 0 aliphatic heterocycles. The number of thiophene rings is 1. The number of aromatic nitrogens is 2. The van der Waals surface area contributed by atoms with Gasteiger partial charge in [0.25, 0.3) is 0 Å². The first-order valence-corrected chi connectivity index (χ1v) is 8.75. The van der Waals surface area contributed by atoms with Gasteiger partial charge in [-0.1, -0.05) is 0 Å². The van der Waals surface area contributed by atoms with Crippen LogP contribution in [0.2, 0.25) is 0 Å². The minimum atomic E-state index is -0.617. The van der Waals surface area contributed by atoms with Crippen molar-refractivity contribution in [1.29, 1.82) is 5.41 Å². The molecule has 25 heavy (non-hydrogen) atoms. The summed E-state index contributed by atoms with van der Waals surface area (Å²) in [6.07, 6.45) is 5.02. The summed E-state index contributed by atoms with van der Waals surface area (Å²) in [5, 5.41) is 13.5. The van der Waals surface area contributed by atoms with Gasteiger partial charge in [-0.3, -0.25) is 15.7 Å². The molecule has 0 spiro atoms. The van der Waals surface area contributed by atoms with E-state index in [0.29, 0.717) is 12.1 Å². The molecule has 0 unspecified atom stereocenters. The van der Waals surface area contributed by atoms with Gasteiger partial charge < -0.3 is 9.30 Å². The quantitative estimate of drug-likeness (QED) is 0.550. The lowest BCUT2D eigenvalue weighted by Crippen LogP contribution is -2.36. The van der Waals surface area contributed by atoms with Crippen molar-refractivity contribution < 1.29 is 9.53 Å². The van der Waals surface area contributed by atoms with Crippen molar-refractivity contribution in [3.05, 3.63) is 52.6 Å². The number of nitrogens with one attached hydrogen (secondary N) is 2. The molecule has 3 heterocycles. The molecule has 6 nitrogen and oxygen atoms in total. The zero-order valence-electron chi connectivity index (χ0n) is 14.4. The Morgan fingerprint density at radius 3 is 2.96 bits per heavy atom. The summed E-state index contributed by atoms with van der Waals surface area (Å²) in [6, 6.07) is 5.93. The highest BCUT2D eigenvalue weighted by Crippen LogP contribution is 2.20. The number of hydrogen-bond donors (Lipinski definition) is 2. The summed E-state index contributed by atoms with van der Waals surface area (Å²) in [5.41, 5.74) is 1.20. The maximum absolute atomic E-state index is 11.8. The number of amides is 1. The second-order valence-corrected chi connectivity index (χ2v) is 7.68. The van der Waals surface area contributed by atoms with Crippen molar-refractivity contribution in [3.8, 4) is 0 Å². The van der Waals surface area contributed by atoms with Gasteiger partial charge in [-0.25, -0.2) is 4.79 Å². The molecule has 130 valence electrons. The van der Waals surface area contributed by atoms with Gasteiger partial charge in [0, 0.05) is 39.8 Å². The van der Waals surface area contributed by atoms with E-state index < -0.39 is 11.7 Å². The van der Waals surface area contributed by atoms with Gasteiger partial charge in [-0.15, -0.1) is 11.3 Å². The van der Waals surface area contributed by atoms with Crippen molar-refractivity contribution in [2.24, 2.45) is 0 Å². The number of rotatable bonds is 3. The van der Waals surface area contributed by atoms with Crippen LogP contribution >= 0.6 is 11.3 Å². The van der Waals surface area contributed by atoms with E-state index in [0.717, 1.165) is 15.8 Å². The van der Waals surface area contributed by atoms with Gasteiger partial charge in [-0.2, -0.15) is 0 Å². The molecule has 0 aliphatic rings. The summed E-state index contributed by atoms with van der Waals surface area (Å²) in [4.78, 5) is 17.0. The maximum Gasteiger partial charge on any atom is 0.413 e. The Kier molecular flexibility index (Phi) is 4.59. The average Bonchev–Trinajstić information content (AvgIpc) is 3.13. The molecular formula is C18H20N4O2S. The number of alkyl carbamates (subject to hydrolysis) is 1. The zero-order chi connectivity index (χ0) is 18.0. The summed E-state index contributed by atoms with van der Waals surface area (Å²) in [7, 11) is 0. The fourth-order valence-corrected chi connectivity index (χ4v) is 3.29. The Morgan fingerprint density at radius 1 is 1.40 bits per heavy atom. The minimum Gasteiger partial charge on any atom is -0.444 e. The Hall–Kier alpha value is -2.67. The topological polar surface area (TPSA) is 80.0 Å². The number of carbonyl (C=O) groups is 1. The smallest absolute Gasteiger partial charge is 0.413 e. The summed E-state index contributed by atoms with van der Waals surface area (Å²) >= 11 is 1.56. The summed E-state index contributed by atoms with van der Waals surface area (Å²) in [5.74, 6) is 0.0401.